The van der Waals surface area contributed by atoms with Crippen LogP contribution in [0.3, 0.4) is 0 Å². The Balaban J connectivity index is 1.92. The van der Waals surface area contributed by atoms with Gasteiger partial charge in [0.25, 0.3) is 0 Å². The molecule has 0 radical (unpaired) electrons. The Hall–Kier alpha value is -1.17. The van der Waals surface area contributed by atoms with E-state index < -0.39 is 6.10 Å². The number of morpholine rings is 1. The second-order valence-electron chi connectivity index (χ2n) is 5.18. The van der Waals surface area contributed by atoms with E-state index in [0.29, 0.717) is 12.4 Å². The minimum absolute atomic E-state index is 0.143. The summed E-state index contributed by atoms with van der Waals surface area (Å²) in [5, 5.41) is 10.2. The third-order valence-electron chi connectivity index (χ3n) is 3.73. The Labute approximate surface area is 111 Å². The fraction of sp³-hybridized carbons (Fsp3) is 0.571. The van der Waals surface area contributed by atoms with Crippen LogP contribution in [0.15, 0.2) is 18.2 Å². The Morgan fingerprint density at radius 3 is 3.05 bits per heavy atom. The lowest BCUT2D eigenvalue weighted by molar-refractivity contribution is -0.0720. The molecule has 2 aliphatic heterocycles. The maximum atomic E-state index is 13.2. The topological polar surface area (TPSA) is 41.9 Å². The van der Waals surface area contributed by atoms with E-state index in [0.717, 1.165) is 18.7 Å². The maximum absolute atomic E-state index is 13.2. The van der Waals surface area contributed by atoms with Crippen molar-refractivity contribution >= 4 is 0 Å². The van der Waals surface area contributed by atoms with Gasteiger partial charge in [0.15, 0.2) is 0 Å². The Morgan fingerprint density at radius 2 is 2.26 bits per heavy atom. The van der Waals surface area contributed by atoms with E-state index in [9.17, 15) is 9.50 Å². The summed E-state index contributed by atoms with van der Waals surface area (Å²) in [5.41, 5.74) is 0.856. The van der Waals surface area contributed by atoms with E-state index in [-0.39, 0.29) is 24.6 Å². The van der Waals surface area contributed by atoms with Crippen molar-refractivity contribution in [3.63, 3.8) is 0 Å². The van der Waals surface area contributed by atoms with Crippen molar-refractivity contribution in [2.45, 2.75) is 25.2 Å². The van der Waals surface area contributed by atoms with E-state index in [1.807, 2.05) is 6.92 Å². The zero-order valence-electron chi connectivity index (χ0n) is 10.9. The predicted octanol–water partition coefficient (Wildman–Crippen LogP) is 1.34. The number of fused-ring (bicyclic) bond motifs is 1. The normalized spacial score (nSPS) is 31.6. The smallest absolute Gasteiger partial charge is 0.127 e. The monoisotopic (exact) mass is 267 g/mol. The first-order chi connectivity index (χ1) is 9.15. The molecule has 0 aliphatic carbocycles. The number of rotatable bonds is 1. The van der Waals surface area contributed by atoms with Gasteiger partial charge in [0.1, 0.15) is 24.3 Å². The van der Waals surface area contributed by atoms with Crippen LogP contribution in [0.4, 0.5) is 4.39 Å². The van der Waals surface area contributed by atoms with Crippen molar-refractivity contribution in [1.82, 2.24) is 4.90 Å². The third kappa shape index (κ3) is 2.45. The number of hydrogen-bond donors (Lipinski definition) is 1. The van der Waals surface area contributed by atoms with E-state index in [4.69, 9.17) is 9.47 Å². The predicted molar refractivity (Wildman–Crippen MR) is 67.6 cm³/mol. The van der Waals surface area contributed by atoms with Crippen LogP contribution in [-0.2, 0) is 4.74 Å². The minimum Gasteiger partial charge on any atom is -0.490 e. The highest BCUT2D eigenvalue weighted by Crippen LogP contribution is 2.37. The molecule has 1 aromatic carbocycles. The molecule has 0 amide bonds. The van der Waals surface area contributed by atoms with Crippen molar-refractivity contribution in [2.24, 2.45) is 0 Å². The first-order valence-electron chi connectivity index (χ1n) is 6.61. The molecule has 3 atom stereocenters. The minimum atomic E-state index is -0.594. The largest absolute Gasteiger partial charge is 0.490 e. The Bertz CT molecular complexity index is 468. The second kappa shape index (κ2) is 5.07. The molecule has 5 heteroatoms. The van der Waals surface area contributed by atoms with Crippen LogP contribution in [-0.4, -0.2) is 48.5 Å². The molecular weight excluding hydrogens is 249 g/mol. The highest BCUT2D eigenvalue weighted by molar-refractivity contribution is 5.39. The van der Waals surface area contributed by atoms with Gasteiger partial charge in [-0.15, -0.1) is 0 Å². The molecule has 2 unspecified atom stereocenters. The number of nitrogens with zero attached hydrogens (tertiary/aromatic N) is 1. The van der Waals surface area contributed by atoms with Gasteiger partial charge in [0.05, 0.1) is 18.8 Å². The molecule has 0 spiro atoms. The van der Waals surface area contributed by atoms with Crippen LogP contribution < -0.4 is 4.74 Å². The van der Waals surface area contributed by atoms with Gasteiger partial charge in [-0.2, -0.15) is 0 Å². The average molecular weight is 267 g/mol. The summed E-state index contributed by atoms with van der Waals surface area (Å²) in [6, 6.07) is 4.36. The third-order valence-corrected chi connectivity index (χ3v) is 3.73. The quantitative estimate of drug-likeness (QED) is 0.834. The summed E-state index contributed by atoms with van der Waals surface area (Å²) in [5.74, 6) is 0.221. The number of aliphatic hydroxyl groups is 1. The molecular formula is C14H18FNO3. The molecule has 4 nitrogen and oxygen atoms in total. The molecule has 0 saturated carbocycles. The SMILES string of the molecule is C[C@@H]1CN(C2c3ccc(F)cc3OCC2O)CCO1. The zero-order chi connectivity index (χ0) is 13.4. The van der Waals surface area contributed by atoms with Crippen LogP contribution in [0.2, 0.25) is 0 Å². The number of hydrogen-bond acceptors (Lipinski definition) is 4. The standard InChI is InChI=1S/C14H18FNO3/c1-9-7-16(4-5-18-9)14-11-3-2-10(15)6-13(11)19-8-12(14)17/h2-3,6,9,12,14,17H,4-5,7-8H2,1H3/t9-,12?,14?/m1/s1. The molecule has 0 aromatic heterocycles. The maximum Gasteiger partial charge on any atom is 0.127 e. The highest BCUT2D eigenvalue weighted by atomic mass is 19.1. The second-order valence-corrected chi connectivity index (χ2v) is 5.18. The molecule has 1 fully saturated rings. The number of benzene rings is 1. The van der Waals surface area contributed by atoms with Gasteiger partial charge >= 0.3 is 0 Å². The summed E-state index contributed by atoms with van der Waals surface area (Å²) >= 11 is 0. The van der Waals surface area contributed by atoms with Crippen molar-refractivity contribution in [3.8, 4) is 5.75 Å². The lowest BCUT2D eigenvalue weighted by Crippen LogP contribution is -2.49. The molecule has 1 N–H and O–H groups in total. The van der Waals surface area contributed by atoms with Crippen LogP contribution in [0.5, 0.6) is 5.75 Å². The van der Waals surface area contributed by atoms with Crippen molar-refractivity contribution in [1.29, 1.82) is 0 Å². The van der Waals surface area contributed by atoms with Gasteiger partial charge in [0.2, 0.25) is 0 Å². The highest BCUT2D eigenvalue weighted by Gasteiger charge is 2.36. The van der Waals surface area contributed by atoms with Crippen molar-refractivity contribution in [3.05, 3.63) is 29.6 Å². The van der Waals surface area contributed by atoms with Gasteiger partial charge in [-0.1, -0.05) is 6.07 Å². The molecule has 104 valence electrons. The molecule has 2 heterocycles. The van der Waals surface area contributed by atoms with E-state index >= 15 is 0 Å². The van der Waals surface area contributed by atoms with Gasteiger partial charge in [-0.25, -0.2) is 4.39 Å². The van der Waals surface area contributed by atoms with E-state index in [2.05, 4.69) is 4.90 Å². The summed E-state index contributed by atoms with van der Waals surface area (Å²) in [6.07, 6.45) is -0.448. The van der Waals surface area contributed by atoms with Crippen molar-refractivity contribution < 1.29 is 19.0 Å². The Kier molecular flexibility index (Phi) is 3.43. The fourth-order valence-corrected chi connectivity index (χ4v) is 2.89. The van der Waals surface area contributed by atoms with Gasteiger partial charge in [-0.05, 0) is 13.0 Å². The summed E-state index contributed by atoms with van der Waals surface area (Å²) in [7, 11) is 0. The van der Waals surface area contributed by atoms with Crippen molar-refractivity contribution in [2.75, 3.05) is 26.3 Å². The first kappa shape index (κ1) is 12.8. The lowest BCUT2D eigenvalue weighted by atomic mass is 9.96. The fourth-order valence-electron chi connectivity index (χ4n) is 2.89. The van der Waals surface area contributed by atoms with Crippen LogP contribution in [0.1, 0.15) is 18.5 Å². The Morgan fingerprint density at radius 1 is 1.42 bits per heavy atom. The summed E-state index contributed by atoms with van der Waals surface area (Å²) in [6.45, 7) is 4.40. The summed E-state index contributed by atoms with van der Waals surface area (Å²) in [4.78, 5) is 2.19. The first-order valence-corrected chi connectivity index (χ1v) is 6.61. The molecule has 2 aliphatic rings. The molecule has 1 saturated heterocycles. The van der Waals surface area contributed by atoms with E-state index in [1.165, 1.54) is 12.1 Å². The van der Waals surface area contributed by atoms with Gasteiger partial charge in [-0.3, -0.25) is 4.90 Å². The molecule has 3 rings (SSSR count). The van der Waals surface area contributed by atoms with Crippen LogP contribution in [0.25, 0.3) is 0 Å². The zero-order valence-corrected chi connectivity index (χ0v) is 10.9. The van der Waals surface area contributed by atoms with Gasteiger partial charge < -0.3 is 14.6 Å². The molecule has 0 bridgehead atoms. The molecule has 19 heavy (non-hydrogen) atoms. The number of halogens is 1. The van der Waals surface area contributed by atoms with E-state index in [1.54, 1.807) is 6.07 Å². The summed E-state index contributed by atoms with van der Waals surface area (Å²) < 4.78 is 24.2. The average Bonchev–Trinajstić information content (AvgIpc) is 2.39. The van der Waals surface area contributed by atoms with Gasteiger partial charge in [0, 0.05) is 24.7 Å². The number of ether oxygens (including phenoxy) is 2. The number of aliphatic hydroxyl groups excluding tert-OH is 1. The van der Waals surface area contributed by atoms with Crippen LogP contribution >= 0.6 is 0 Å². The lowest BCUT2D eigenvalue weighted by Gasteiger charge is -2.42. The van der Waals surface area contributed by atoms with Crippen LogP contribution in [0, 0.1) is 5.82 Å². The molecule has 1 aromatic rings.